The van der Waals surface area contributed by atoms with Gasteiger partial charge < -0.3 is 16.0 Å². The van der Waals surface area contributed by atoms with Crippen molar-refractivity contribution in [1.29, 1.82) is 5.26 Å². The largest absolute Gasteiger partial charge is 0.382 e. The van der Waals surface area contributed by atoms with E-state index in [0.717, 1.165) is 24.0 Å². The van der Waals surface area contributed by atoms with Gasteiger partial charge in [0.25, 0.3) is 5.91 Å². The molecule has 3 aromatic heterocycles. The van der Waals surface area contributed by atoms with Gasteiger partial charge in [0.05, 0.1) is 21.2 Å². The number of hydrogen-bond acceptors (Lipinski definition) is 9. The zero-order valence-electron chi connectivity index (χ0n) is 20.3. The lowest BCUT2D eigenvalue weighted by Crippen LogP contribution is -2.47. The number of benzene rings is 1. The summed E-state index contributed by atoms with van der Waals surface area (Å²) in [5, 5.41) is 17.8. The van der Waals surface area contributed by atoms with Crippen molar-refractivity contribution in [2.75, 3.05) is 30.0 Å². The Bertz CT molecular complexity index is 1650. The Kier molecular flexibility index (Phi) is 6.35. The van der Waals surface area contributed by atoms with Crippen LogP contribution in [0.1, 0.15) is 33.0 Å². The maximum absolute atomic E-state index is 12.8. The third-order valence-corrected chi connectivity index (χ3v) is 8.56. The highest BCUT2D eigenvalue weighted by Crippen LogP contribution is 2.40. The number of piperidine rings is 1. The Morgan fingerprint density at radius 1 is 1.24 bits per heavy atom. The highest BCUT2D eigenvalue weighted by atomic mass is 32.2. The summed E-state index contributed by atoms with van der Waals surface area (Å²) in [5.74, 6) is 0.113. The lowest BCUT2D eigenvalue weighted by molar-refractivity contribution is 0.0937. The van der Waals surface area contributed by atoms with Crippen LogP contribution in [0.3, 0.4) is 0 Å². The number of aryl methyl sites for hydroxylation is 1. The molecular weight excluding hydrogens is 510 g/mol. The van der Waals surface area contributed by atoms with Gasteiger partial charge in [0.2, 0.25) is 0 Å². The molecule has 1 aliphatic rings. The Hall–Kier alpha value is -3.95. The van der Waals surface area contributed by atoms with Crippen LogP contribution in [0.5, 0.6) is 0 Å². The molecule has 0 bridgehead atoms. The van der Waals surface area contributed by atoms with Crippen LogP contribution in [0.2, 0.25) is 0 Å². The maximum atomic E-state index is 12.8. The maximum Gasteiger partial charge on any atom is 0.261 e. The summed E-state index contributed by atoms with van der Waals surface area (Å²) in [6.07, 6.45) is 4.09. The number of rotatable bonds is 5. The first kappa shape index (κ1) is 24.7. The van der Waals surface area contributed by atoms with E-state index in [1.165, 1.54) is 29.8 Å². The zero-order valence-corrected chi connectivity index (χ0v) is 21.9. The van der Waals surface area contributed by atoms with Crippen LogP contribution in [-0.4, -0.2) is 54.3 Å². The van der Waals surface area contributed by atoms with Gasteiger partial charge in [-0.15, -0.1) is 11.3 Å². The molecule has 1 aliphatic heterocycles. The van der Waals surface area contributed by atoms with Crippen molar-refractivity contribution in [3.63, 3.8) is 0 Å². The number of sulfone groups is 1. The topological polar surface area (TPSA) is 146 Å². The summed E-state index contributed by atoms with van der Waals surface area (Å²) in [6.45, 7) is 3.12. The average Bonchev–Trinajstić information content (AvgIpc) is 3.45. The molecule has 0 radical (unpaired) electrons. The zero-order chi connectivity index (χ0) is 26.3. The standard InChI is InChI=1S/C25H25N7O3S2/c1-15-5-10-20(36-15)25(33)30-17-4-3-11-31(13-17)22-19(12-26)21(32-23(22)24(27)28-14-29-32)16-6-8-18(9-7-16)37(2,34)35/h5-10,14,17H,3-4,11,13H2,1-2H3,(H,30,33)(H2,27,28,29)/t17-/m1/s1. The van der Waals surface area contributed by atoms with Crippen molar-refractivity contribution < 1.29 is 13.2 Å². The smallest absolute Gasteiger partial charge is 0.261 e. The number of hydrogen-bond donors (Lipinski definition) is 2. The third-order valence-electron chi connectivity index (χ3n) is 6.43. The van der Waals surface area contributed by atoms with E-state index in [9.17, 15) is 18.5 Å². The lowest BCUT2D eigenvalue weighted by Gasteiger charge is -2.34. The van der Waals surface area contributed by atoms with Crippen LogP contribution in [0.15, 0.2) is 47.6 Å². The molecule has 0 unspecified atom stereocenters. The van der Waals surface area contributed by atoms with Crippen molar-refractivity contribution in [1.82, 2.24) is 19.9 Å². The van der Waals surface area contributed by atoms with E-state index in [-0.39, 0.29) is 22.7 Å². The second-order valence-corrected chi connectivity index (χ2v) is 12.4. The Morgan fingerprint density at radius 2 is 2.00 bits per heavy atom. The monoisotopic (exact) mass is 535 g/mol. The molecule has 5 rings (SSSR count). The van der Waals surface area contributed by atoms with E-state index < -0.39 is 9.84 Å². The normalized spacial score (nSPS) is 16.0. The van der Waals surface area contributed by atoms with Gasteiger partial charge in [0.1, 0.15) is 23.5 Å². The number of nitriles is 1. The quantitative estimate of drug-likeness (QED) is 0.396. The molecule has 37 heavy (non-hydrogen) atoms. The number of fused-ring (bicyclic) bond motifs is 1. The number of nitrogen functional groups attached to an aromatic ring is 1. The Balaban J connectivity index is 1.55. The molecule has 1 aromatic carbocycles. The summed E-state index contributed by atoms with van der Waals surface area (Å²) >= 11 is 1.45. The molecule has 4 heterocycles. The second-order valence-electron chi connectivity index (χ2n) is 9.06. The van der Waals surface area contributed by atoms with Gasteiger partial charge in [-0.1, -0.05) is 12.1 Å². The van der Waals surface area contributed by atoms with Crippen LogP contribution < -0.4 is 16.0 Å². The summed E-state index contributed by atoms with van der Waals surface area (Å²) in [6, 6.07) is 12.3. The van der Waals surface area contributed by atoms with E-state index in [1.807, 2.05) is 19.1 Å². The van der Waals surface area contributed by atoms with Crippen molar-refractivity contribution in [2.24, 2.45) is 0 Å². The molecule has 0 spiro atoms. The molecule has 3 N–H and O–H groups in total. The summed E-state index contributed by atoms with van der Waals surface area (Å²) in [4.78, 5) is 20.9. The fraction of sp³-hybridized carbons (Fsp3) is 0.280. The number of amides is 1. The molecule has 12 heteroatoms. The first-order chi connectivity index (χ1) is 17.7. The number of carbonyl (C=O) groups is 1. The molecule has 190 valence electrons. The molecule has 0 aliphatic carbocycles. The molecular formula is C25H25N7O3S2. The fourth-order valence-corrected chi connectivity index (χ4v) is 6.15. The Morgan fingerprint density at radius 3 is 2.65 bits per heavy atom. The molecule has 1 saturated heterocycles. The molecule has 0 saturated carbocycles. The van der Waals surface area contributed by atoms with Crippen LogP contribution in [0.25, 0.3) is 16.8 Å². The lowest BCUT2D eigenvalue weighted by atomic mass is 10.0. The SMILES string of the molecule is Cc1ccc(C(=O)N[C@@H]2CCCN(c3c(C#N)c(-c4ccc(S(C)(=O)=O)cc4)n4ncnc(N)c34)C2)s1. The average molecular weight is 536 g/mol. The van der Waals surface area contributed by atoms with Crippen molar-refractivity contribution in [3.8, 4) is 17.3 Å². The highest BCUT2D eigenvalue weighted by Gasteiger charge is 2.30. The van der Waals surface area contributed by atoms with Crippen molar-refractivity contribution in [3.05, 3.63) is 58.0 Å². The summed E-state index contributed by atoms with van der Waals surface area (Å²) in [7, 11) is -3.37. The number of nitrogens with one attached hydrogen (secondary N) is 1. The van der Waals surface area contributed by atoms with Gasteiger partial charge in [-0.25, -0.2) is 17.9 Å². The van der Waals surface area contributed by atoms with E-state index in [1.54, 1.807) is 16.6 Å². The third kappa shape index (κ3) is 4.63. The van der Waals surface area contributed by atoms with E-state index in [0.29, 0.717) is 46.0 Å². The van der Waals surface area contributed by atoms with E-state index in [4.69, 9.17) is 5.73 Å². The molecule has 4 aromatic rings. The number of thiophene rings is 1. The van der Waals surface area contributed by atoms with E-state index in [2.05, 4.69) is 26.4 Å². The van der Waals surface area contributed by atoms with Gasteiger partial charge >= 0.3 is 0 Å². The first-order valence-corrected chi connectivity index (χ1v) is 14.4. The molecule has 1 fully saturated rings. The number of anilines is 2. The number of carbonyl (C=O) groups excluding carboxylic acids is 1. The minimum atomic E-state index is -3.37. The predicted molar refractivity (Wildman–Crippen MR) is 142 cm³/mol. The van der Waals surface area contributed by atoms with Crippen molar-refractivity contribution >= 4 is 44.1 Å². The van der Waals surface area contributed by atoms with Crippen LogP contribution in [0.4, 0.5) is 11.5 Å². The van der Waals surface area contributed by atoms with Crippen LogP contribution in [-0.2, 0) is 9.84 Å². The number of nitrogens with two attached hydrogens (primary N) is 1. The van der Waals surface area contributed by atoms with Gasteiger partial charge in [-0.3, -0.25) is 4.79 Å². The van der Waals surface area contributed by atoms with Gasteiger partial charge in [0.15, 0.2) is 15.7 Å². The molecule has 1 amide bonds. The molecule has 10 nitrogen and oxygen atoms in total. The minimum absolute atomic E-state index is 0.110. The fourth-order valence-electron chi connectivity index (χ4n) is 4.75. The van der Waals surface area contributed by atoms with Gasteiger partial charge in [0, 0.05) is 35.8 Å². The van der Waals surface area contributed by atoms with Crippen molar-refractivity contribution in [2.45, 2.75) is 30.7 Å². The molecule has 1 atom stereocenters. The summed E-state index contributed by atoms with van der Waals surface area (Å²) < 4.78 is 25.5. The summed E-state index contributed by atoms with van der Waals surface area (Å²) in [5.41, 5.74) is 8.89. The van der Waals surface area contributed by atoms with Gasteiger partial charge in [-0.05, 0) is 44.0 Å². The Labute approximate surface area is 218 Å². The number of aromatic nitrogens is 3. The second kappa shape index (κ2) is 9.49. The highest BCUT2D eigenvalue weighted by molar-refractivity contribution is 7.90. The minimum Gasteiger partial charge on any atom is -0.382 e. The number of nitrogens with zero attached hydrogens (tertiary/aromatic N) is 5. The van der Waals surface area contributed by atoms with E-state index >= 15 is 0 Å². The first-order valence-electron chi connectivity index (χ1n) is 11.7. The predicted octanol–water partition coefficient (Wildman–Crippen LogP) is 3.02. The van der Waals surface area contributed by atoms with Crippen LogP contribution >= 0.6 is 11.3 Å². The van der Waals surface area contributed by atoms with Crippen LogP contribution in [0, 0.1) is 18.3 Å². The van der Waals surface area contributed by atoms with Gasteiger partial charge in [-0.2, -0.15) is 10.4 Å².